The first-order valence-corrected chi connectivity index (χ1v) is 9.46. The average molecular weight is 390 g/mol. The minimum atomic E-state index is -1.11. The molecule has 0 radical (unpaired) electrons. The number of carbonyl (C=O) groups is 3. The summed E-state index contributed by atoms with van der Waals surface area (Å²) in [6, 6.07) is 4.47. The summed E-state index contributed by atoms with van der Waals surface area (Å²) in [5.74, 6) is -0.585. The minimum absolute atomic E-state index is 0.182. The number of benzene rings is 1. The standard InChI is InChI=1S/C20H26N2O6/c1-27-15-6-5-13(11-16(15)28-2)20(7-3-4-8-20)19(26)22-10-9-21-18(25)14(22)12-17(23)24/h5-6,11,14H,3-4,7-10,12H2,1-2H3,(H,21,25)(H,23,24)/t14-/m1/s1. The van der Waals surface area contributed by atoms with E-state index in [4.69, 9.17) is 9.47 Å². The first kappa shape index (κ1) is 20.0. The van der Waals surface area contributed by atoms with E-state index in [0.717, 1.165) is 18.4 Å². The van der Waals surface area contributed by atoms with Crippen LogP contribution in [0.15, 0.2) is 18.2 Å². The van der Waals surface area contributed by atoms with Crippen LogP contribution in [0.5, 0.6) is 11.5 Å². The van der Waals surface area contributed by atoms with Crippen molar-refractivity contribution < 1.29 is 29.0 Å². The summed E-state index contributed by atoms with van der Waals surface area (Å²) in [4.78, 5) is 38.7. The van der Waals surface area contributed by atoms with Crippen LogP contribution in [0, 0.1) is 0 Å². The molecule has 1 saturated heterocycles. The van der Waals surface area contributed by atoms with Gasteiger partial charge in [0.1, 0.15) is 6.04 Å². The predicted molar refractivity (Wildman–Crippen MR) is 100 cm³/mol. The lowest BCUT2D eigenvalue weighted by molar-refractivity contribution is -0.151. The Labute approximate surface area is 163 Å². The fourth-order valence-corrected chi connectivity index (χ4v) is 4.34. The molecule has 1 saturated carbocycles. The second-order valence-corrected chi connectivity index (χ2v) is 7.26. The first-order valence-electron chi connectivity index (χ1n) is 9.46. The number of carbonyl (C=O) groups excluding carboxylic acids is 2. The summed E-state index contributed by atoms with van der Waals surface area (Å²) in [6.07, 6.45) is 2.69. The van der Waals surface area contributed by atoms with Gasteiger partial charge in [-0.1, -0.05) is 18.9 Å². The summed E-state index contributed by atoms with van der Waals surface area (Å²) < 4.78 is 10.7. The van der Waals surface area contributed by atoms with Crippen LogP contribution < -0.4 is 14.8 Å². The summed E-state index contributed by atoms with van der Waals surface area (Å²) >= 11 is 0. The highest BCUT2D eigenvalue weighted by Gasteiger charge is 2.48. The van der Waals surface area contributed by atoms with E-state index in [1.54, 1.807) is 20.3 Å². The number of ether oxygens (including phenoxy) is 2. The monoisotopic (exact) mass is 390 g/mol. The van der Waals surface area contributed by atoms with Crippen LogP contribution in [0.25, 0.3) is 0 Å². The van der Waals surface area contributed by atoms with Crippen molar-refractivity contribution in [3.05, 3.63) is 23.8 Å². The van der Waals surface area contributed by atoms with E-state index in [2.05, 4.69) is 5.32 Å². The van der Waals surface area contributed by atoms with Crippen molar-refractivity contribution in [2.24, 2.45) is 0 Å². The number of piperazine rings is 1. The number of aliphatic carboxylic acids is 1. The van der Waals surface area contributed by atoms with Crippen LogP contribution in [0.3, 0.4) is 0 Å². The van der Waals surface area contributed by atoms with Crippen molar-refractivity contribution >= 4 is 17.8 Å². The topological polar surface area (TPSA) is 105 Å². The van der Waals surface area contributed by atoms with Crippen LogP contribution in [-0.2, 0) is 19.8 Å². The Morgan fingerprint density at radius 3 is 2.50 bits per heavy atom. The molecule has 28 heavy (non-hydrogen) atoms. The van der Waals surface area contributed by atoms with Crippen LogP contribution in [0.1, 0.15) is 37.7 Å². The van der Waals surface area contributed by atoms with E-state index in [-0.39, 0.29) is 5.91 Å². The number of hydrogen-bond acceptors (Lipinski definition) is 5. The summed E-state index contributed by atoms with van der Waals surface area (Å²) in [6.45, 7) is 0.625. The van der Waals surface area contributed by atoms with Crippen molar-refractivity contribution in [1.29, 1.82) is 0 Å². The number of amides is 2. The van der Waals surface area contributed by atoms with E-state index in [9.17, 15) is 19.5 Å². The molecule has 0 bridgehead atoms. The Balaban J connectivity index is 2.00. The quantitative estimate of drug-likeness (QED) is 0.759. The molecule has 0 spiro atoms. The highest BCUT2D eigenvalue weighted by molar-refractivity contribution is 5.96. The molecule has 0 unspecified atom stereocenters. The molecule has 1 aromatic carbocycles. The zero-order chi connectivity index (χ0) is 20.3. The lowest BCUT2D eigenvalue weighted by atomic mass is 9.76. The van der Waals surface area contributed by atoms with Crippen molar-refractivity contribution in [2.75, 3.05) is 27.3 Å². The molecule has 2 N–H and O–H groups in total. The number of carboxylic acid groups (broad SMARTS) is 1. The number of nitrogens with one attached hydrogen (secondary N) is 1. The van der Waals surface area contributed by atoms with Gasteiger partial charge < -0.3 is 24.8 Å². The third-order valence-electron chi connectivity index (χ3n) is 5.76. The molecule has 1 aromatic rings. The molecule has 2 fully saturated rings. The first-order chi connectivity index (χ1) is 13.4. The van der Waals surface area contributed by atoms with Gasteiger partial charge in [-0.15, -0.1) is 0 Å². The minimum Gasteiger partial charge on any atom is -0.493 e. The van der Waals surface area contributed by atoms with Crippen molar-refractivity contribution in [2.45, 2.75) is 43.6 Å². The molecular weight excluding hydrogens is 364 g/mol. The van der Waals surface area contributed by atoms with Gasteiger partial charge >= 0.3 is 5.97 Å². The number of nitrogens with zero attached hydrogens (tertiary/aromatic N) is 1. The molecular formula is C20H26N2O6. The molecule has 2 aliphatic rings. The molecule has 1 aliphatic carbocycles. The van der Waals surface area contributed by atoms with Gasteiger partial charge in [0.2, 0.25) is 11.8 Å². The van der Waals surface area contributed by atoms with Crippen molar-refractivity contribution in [3.8, 4) is 11.5 Å². The Hall–Kier alpha value is -2.77. The van der Waals surface area contributed by atoms with Crippen molar-refractivity contribution in [3.63, 3.8) is 0 Å². The fourth-order valence-electron chi connectivity index (χ4n) is 4.34. The lowest BCUT2D eigenvalue weighted by Gasteiger charge is -2.40. The molecule has 1 atom stereocenters. The van der Waals surface area contributed by atoms with E-state index in [0.29, 0.717) is 37.4 Å². The van der Waals surface area contributed by atoms with Gasteiger partial charge in [-0.05, 0) is 30.5 Å². The largest absolute Gasteiger partial charge is 0.493 e. The highest BCUT2D eigenvalue weighted by atomic mass is 16.5. The third-order valence-corrected chi connectivity index (χ3v) is 5.76. The Bertz CT molecular complexity index is 772. The zero-order valence-corrected chi connectivity index (χ0v) is 16.2. The highest BCUT2D eigenvalue weighted by Crippen LogP contribution is 2.45. The van der Waals surface area contributed by atoms with Gasteiger partial charge in [-0.25, -0.2) is 0 Å². The maximum atomic E-state index is 13.7. The molecule has 8 nitrogen and oxygen atoms in total. The van der Waals surface area contributed by atoms with Crippen LogP contribution in [0.4, 0.5) is 0 Å². The maximum Gasteiger partial charge on any atom is 0.305 e. The molecule has 8 heteroatoms. The molecule has 1 aliphatic heterocycles. The van der Waals surface area contributed by atoms with E-state index >= 15 is 0 Å². The summed E-state index contributed by atoms with van der Waals surface area (Å²) in [5.41, 5.74) is 0.0289. The second-order valence-electron chi connectivity index (χ2n) is 7.26. The van der Waals surface area contributed by atoms with Gasteiger partial charge in [0, 0.05) is 13.1 Å². The van der Waals surface area contributed by atoms with Crippen LogP contribution in [-0.4, -0.2) is 61.1 Å². The number of hydrogen-bond donors (Lipinski definition) is 2. The Morgan fingerprint density at radius 2 is 1.89 bits per heavy atom. The molecule has 0 aromatic heterocycles. The Morgan fingerprint density at radius 1 is 1.21 bits per heavy atom. The predicted octanol–water partition coefficient (Wildman–Crippen LogP) is 1.32. The van der Waals surface area contributed by atoms with Gasteiger partial charge in [0.05, 0.1) is 26.1 Å². The Kier molecular flexibility index (Phi) is 5.76. The molecule has 152 valence electrons. The van der Waals surface area contributed by atoms with E-state index in [1.807, 2.05) is 12.1 Å². The summed E-state index contributed by atoms with van der Waals surface area (Å²) in [5, 5.41) is 11.9. The van der Waals surface area contributed by atoms with Crippen LogP contribution in [0.2, 0.25) is 0 Å². The van der Waals surface area contributed by atoms with E-state index in [1.165, 1.54) is 4.90 Å². The zero-order valence-electron chi connectivity index (χ0n) is 16.2. The number of methoxy groups -OCH3 is 2. The molecule has 2 amide bonds. The summed E-state index contributed by atoms with van der Waals surface area (Å²) in [7, 11) is 3.10. The van der Waals surface area contributed by atoms with Gasteiger partial charge in [0.15, 0.2) is 11.5 Å². The molecule has 3 rings (SSSR count). The SMILES string of the molecule is COc1ccc(C2(C(=O)N3CCNC(=O)[C@H]3CC(=O)O)CCCC2)cc1OC. The third kappa shape index (κ3) is 3.50. The van der Waals surface area contributed by atoms with E-state index < -0.39 is 29.8 Å². The lowest BCUT2D eigenvalue weighted by Crippen LogP contribution is -2.61. The van der Waals surface area contributed by atoms with Crippen LogP contribution >= 0.6 is 0 Å². The second kappa shape index (κ2) is 8.08. The fraction of sp³-hybridized carbons (Fsp3) is 0.550. The van der Waals surface area contributed by atoms with Crippen molar-refractivity contribution in [1.82, 2.24) is 10.2 Å². The van der Waals surface area contributed by atoms with Gasteiger partial charge in [-0.2, -0.15) is 0 Å². The maximum absolute atomic E-state index is 13.7. The normalized spacial score (nSPS) is 21.1. The average Bonchev–Trinajstić information content (AvgIpc) is 3.19. The number of rotatable bonds is 6. The van der Waals surface area contributed by atoms with Gasteiger partial charge in [-0.3, -0.25) is 14.4 Å². The molecule has 1 heterocycles. The smallest absolute Gasteiger partial charge is 0.305 e. The number of carboxylic acids is 1. The van der Waals surface area contributed by atoms with Gasteiger partial charge in [0.25, 0.3) is 0 Å².